The quantitative estimate of drug-likeness (QED) is 0.375. The predicted molar refractivity (Wildman–Crippen MR) is 117 cm³/mol. The van der Waals surface area contributed by atoms with E-state index in [2.05, 4.69) is 45.2 Å². The number of carbonyl (C=O) groups excluding carboxylic acids is 1. The van der Waals surface area contributed by atoms with Crippen LogP contribution in [0.15, 0.2) is 33.7 Å². The van der Waals surface area contributed by atoms with Crippen LogP contribution in [0.3, 0.4) is 0 Å². The highest BCUT2D eigenvalue weighted by molar-refractivity contribution is 14.0. The molecule has 0 saturated carbocycles. The third kappa shape index (κ3) is 7.52. The summed E-state index contributed by atoms with van der Waals surface area (Å²) in [6, 6.07) is 8.18. The smallest absolute Gasteiger partial charge is 0.241 e. The van der Waals surface area contributed by atoms with Crippen LogP contribution in [0.2, 0.25) is 0 Å². The molecule has 1 amide bonds. The van der Waals surface area contributed by atoms with Gasteiger partial charge in [-0.2, -0.15) is 0 Å². The Morgan fingerprint density at radius 2 is 2.04 bits per heavy atom. The van der Waals surface area contributed by atoms with Crippen LogP contribution in [0.4, 0.5) is 0 Å². The van der Waals surface area contributed by atoms with Crippen molar-refractivity contribution in [2.24, 2.45) is 10.9 Å². The molecule has 1 N–H and O–H groups in total. The minimum absolute atomic E-state index is 0. The van der Waals surface area contributed by atoms with Gasteiger partial charge in [0, 0.05) is 31.7 Å². The Hall–Kier alpha value is -0.830. The van der Waals surface area contributed by atoms with E-state index in [-0.39, 0.29) is 36.4 Å². The second kappa shape index (κ2) is 11.0. The molecule has 1 aliphatic heterocycles. The SMILES string of the molecule is CC1CCCN(C(=NCc2ccc(Br)cc2)NCC(=O)N(C)C)C1.I. The van der Waals surface area contributed by atoms with E-state index in [1.165, 1.54) is 12.8 Å². The number of likely N-dealkylation sites (tertiary alicyclic amines) is 1. The summed E-state index contributed by atoms with van der Waals surface area (Å²) < 4.78 is 1.06. The van der Waals surface area contributed by atoms with Crippen LogP contribution in [-0.4, -0.2) is 55.4 Å². The number of hydrogen-bond donors (Lipinski definition) is 1. The molecule has 0 radical (unpaired) electrons. The van der Waals surface area contributed by atoms with Crippen molar-refractivity contribution in [1.82, 2.24) is 15.1 Å². The first-order chi connectivity index (χ1) is 11.5. The Balaban J connectivity index is 0.00000312. The van der Waals surface area contributed by atoms with Gasteiger partial charge in [-0.25, -0.2) is 4.99 Å². The summed E-state index contributed by atoms with van der Waals surface area (Å²) >= 11 is 3.45. The van der Waals surface area contributed by atoms with E-state index in [9.17, 15) is 4.79 Å². The maximum atomic E-state index is 11.9. The van der Waals surface area contributed by atoms with Gasteiger partial charge in [-0.05, 0) is 36.5 Å². The summed E-state index contributed by atoms with van der Waals surface area (Å²) in [5, 5.41) is 3.25. The number of halogens is 2. The van der Waals surface area contributed by atoms with Gasteiger partial charge in [0.05, 0.1) is 13.1 Å². The normalized spacial score (nSPS) is 17.7. The summed E-state index contributed by atoms with van der Waals surface area (Å²) in [5.74, 6) is 1.54. The summed E-state index contributed by atoms with van der Waals surface area (Å²) in [5.41, 5.74) is 1.15. The lowest BCUT2D eigenvalue weighted by Crippen LogP contribution is -2.48. The number of aliphatic imine (C=N–C) groups is 1. The average Bonchev–Trinajstić information content (AvgIpc) is 2.56. The fraction of sp³-hybridized carbons (Fsp3) is 0.556. The Labute approximate surface area is 176 Å². The van der Waals surface area contributed by atoms with Crippen molar-refractivity contribution in [2.45, 2.75) is 26.3 Å². The van der Waals surface area contributed by atoms with Gasteiger partial charge in [-0.1, -0.05) is 35.0 Å². The number of guanidine groups is 1. The molecular formula is C18H28BrIN4O. The van der Waals surface area contributed by atoms with Crippen molar-refractivity contribution in [3.05, 3.63) is 34.3 Å². The minimum Gasteiger partial charge on any atom is -0.347 e. The molecule has 25 heavy (non-hydrogen) atoms. The molecule has 5 nitrogen and oxygen atoms in total. The Morgan fingerprint density at radius 1 is 1.36 bits per heavy atom. The van der Waals surface area contributed by atoms with Crippen molar-refractivity contribution < 1.29 is 4.79 Å². The highest BCUT2D eigenvalue weighted by atomic mass is 127. The van der Waals surface area contributed by atoms with Gasteiger partial charge in [0.2, 0.25) is 5.91 Å². The summed E-state index contributed by atoms with van der Waals surface area (Å²) in [6.45, 7) is 5.13. The van der Waals surface area contributed by atoms with Crippen LogP contribution in [0.1, 0.15) is 25.3 Å². The van der Waals surface area contributed by atoms with Crippen LogP contribution in [0.25, 0.3) is 0 Å². The number of likely N-dealkylation sites (N-methyl/N-ethyl adjacent to an activating group) is 1. The molecule has 140 valence electrons. The zero-order chi connectivity index (χ0) is 17.5. The van der Waals surface area contributed by atoms with E-state index in [1.807, 2.05) is 12.1 Å². The number of hydrogen-bond acceptors (Lipinski definition) is 2. The van der Waals surface area contributed by atoms with Crippen LogP contribution >= 0.6 is 39.9 Å². The van der Waals surface area contributed by atoms with Gasteiger partial charge >= 0.3 is 0 Å². The Bertz CT molecular complexity index is 577. The first kappa shape index (κ1) is 22.2. The van der Waals surface area contributed by atoms with Crippen LogP contribution in [0, 0.1) is 5.92 Å². The number of amides is 1. The molecule has 1 fully saturated rings. The largest absolute Gasteiger partial charge is 0.347 e. The maximum Gasteiger partial charge on any atom is 0.241 e. The predicted octanol–water partition coefficient (Wildman–Crippen LogP) is 3.33. The topological polar surface area (TPSA) is 47.9 Å². The average molecular weight is 523 g/mol. The van der Waals surface area contributed by atoms with Crippen LogP contribution < -0.4 is 5.32 Å². The van der Waals surface area contributed by atoms with Gasteiger partial charge in [0.25, 0.3) is 0 Å². The molecule has 1 aliphatic rings. The fourth-order valence-electron chi connectivity index (χ4n) is 2.72. The first-order valence-corrected chi connectivity index (χ1v) is 9.23. The van der Waals surface area contributed by atoms with Crippen molar-refractivity contribution in [2.75, 3.05) is 33.7 Å². The minimum atomic E-state index is 0. The molecule has 1 heterocycles. The van der Waals surface area contributed by atoms with E-state index < -0.39 is 0 Å². The highest BCUT2D eigenvalue weighted by Gasteiger charge is 2.20. The number of benzene rings is 1. The fourth-order valence-corrected chi connectivity index (χ4v) is 2.98. The molecule has 1 atom stereocenters. The second-order valence-electron chi connectivity index (χ2n) is 6.60. The summed E-state index contributed by atoms with van der Waals surface area (Å²) in [7, 11) is 3.54. The lowest BCUT2D eigenvalue weighted by atomic mass is 10.0. The molecule has 7 heteroatoms. The summed E-state index contributed by atoms with van der Waals surface area (Å²) in [4.78, 5) is 20.5. The lowest BCUT2D eigenvalue weighted by molar-refractivity contribution is -0.127. The standard InChI is InChI=1S/C18H27BrN4O.HI/c1-14-5-4-10-23(13-14)18(21-12-17(24)22(2)3)20-11-15-6-8-16(19)9-7-15;/h6-9,14H,4-5,10-13H2,1-3H3,(H,20,21);1H. The number of nitrogens with one attached hydrogen (secondary N) is 1. The molecule has 0 aromatic heterocycles. The van der Waals surface area contributed by atoms with Crippen LogP contribution in [-0.2, 0) is 11.3 Å². The molecule has 1 saturated heterocycles. The first-order valence-electron chi connectivity index (χ1n) is 8.43. The van der Waals surface area contributed by atoms with E-state index in [1.54, 1.807) is 19.0 Å². The van der Waals surface area contributed by atoms with Crippen molar-refractivity contribution >= 4 is 51.8 Å². The highest BCUT2D eigenvalue weighted by Crippen LogP contribution is 2.16. The Morgan fingerprint density at radius 3 is 2.64 bits per heavy atom. The molecule has 2 rings (SSSR count). The van der Waals surface area contributed by atoms with E-state index in [0.717, 1.165) is 29.1 Å². The van der Waals surface area contributed by atoms with E-state index in [4.69, 9.17) is 4.99 Å². The number of rotatable bonds is 4. The molecule has 0 spiro atoms. The third-order valence-electron chi connectivity index (χ3n) is 4.18. The van der Waals surface area contributed by atoms with Gasteiger partial charge in [0.1, 0.15) is 0 Å². The lowest BCUT2D eigenvalue weighted by Gasteiger charge is -2.33. The number of carbonyl (C=O) groups is 1. The van der Waals surface area contributed by atoms with Crippen LogP contribution in [0.5, 0.6) is 0 Å². The van der Waals surface area contributed by atoms with E-state index in [0.29, 0.717) is 12.5 Å². The third-order valence-corrected chi connectivity index (χ3v) is 4.71. The maximum absolute atomic E-state index is 11.9. The number of piperidine rings is 1. The van der Waals surface area contributed by atoms with Gasteiger partial charge < -0.3 is 15.1 Å². The monoisotopic (exact) mass is 522 g/mol. The molecule has 0 aliphatic carbocycles. The molecule has 1 unspecified atom stereocenters. The van der Waals surface area contributed by atoms with Crippen molar-refractivity contribution in [3.8, 4) is 0 Å². The number of nitrogens with zero attached hydrogens (tertiary/aromatic N) is 3. The molecule has 1 aromatic rings. The van der Waals surface area contributed by atoms with Gasteiger partial charge in [0.15, 0.2) is 5.96 Å². The molecule has 1 aromatic carbocycles. The zero-order valence-corrected chi connectivity index (χ0v) is 19.1. The van der Waals surface area contributed by atoms with Crippen molar-refractivity contribution in [3.63, 3.8) is 0 Å². The van der Waals surface area contributed by atoms with E-state index >= 15 is 0 Å². The molecule has 0 bridgehead atoms. The summed E-state index contributed by atoms with van der Waals surface area (Å²) in [6.07, 6.45) is 2.43. The second-order valence-corrected chi connectivity index (χ2v) is 7.52. The zero-order valence-electron chi connectivity index (χ0n) is 15.2. The Kier molecular flexibility index (Phi) is 9.78. The molecular weight excluding hydrogens is 495 g/mol. The van der Waals surface area contributed by atoms with Gasteiger partial charge in [-0.3, -0.25) is 4.79 Å². The van der Waals surface area contributed by atoms with Crippen molar-refractivity contribution in [1.29, 1.82) is 0 Å². The van der Waals surface area contributed by atoms with Gasteiger partial charge in [-0.15, -0.1) is 24.0 Å².